The predicted octanol–water partition coefficient (Wildman–Crippen LogP) is 2.24. The molecule has 1 aromatic rings. The highest BCUT2D eigenvalue weighted by atomic mass is 35.5. The van der Waals surface area contributed by atoms with Crippen molar-refractivity contribution in [2.75, 3.05) is 13.2 Å². The lowest BCUT2D eigenvalue weighted by Crippen LogP contribution is -2.34. The molecule has 100 valence electrons. The van der Waals surface area contributed by atoms with Gasteiger partial charge in [-0.15, -0.1) is 0 Å². The Bertz CT molecular complexity index is 539. The molecule has 0 radical (unpaired) electrons. The molecule has 1 aromatic carbocycles. The third-order valence-corrected chi connectivity index (χ3v) is 2.61. The van der Waals surface area contributed by atoms with E-state index in [1.54, 1.807) is 0 Å². The summed E-state index contributed by atoms with van der Waals surface area (Å²) in [5.74, 6) is -1.52. The van der Waals surface area contributed by atoms with Gasteiger partial charge < -0.3 is 9.47 Å². The van der Waals surface area contributed by atoms with E-state index in [1.807, 2.05) is 0 Å². The van der Waals surface area contributed by atoms with Crippen LogP contribution in [0.2, 0.25) is 5.02 Å². The molecule has 19 heavy (non-hydrogen) atoms. The van der Waals surface area contributed by atoms with Gasteiger partial charge in [-0.25, -0.2) is 18.9 Å². The van der Waals surface area contributed by atoms with Gasteiger partial charge in [-0.05, 0) is 12.1 Å². The van der Waals surface area contributed by atoms with Crippen LogP contribution < -0.4 is 4.74 Å². The summed E-state index contributed by atoms with van der Waals surface area (Å²) in [6, 6.07) is 2.01. The number of carbonyl (C=O) groups is 3. The number of aldehydes is 1. The summed E-state index contributed by atoms with van der Waals surface area (Å²) in [7, 11) is 0. The van der Waals surface area contributed by atoms with Gasteiger partial charge in [-0.1, -0.05) is 11.6 Å². The zero-order valence-electron chi connectivity index (χ0n) is 9.39. The molecule has 2 amide bonds. The van der Waals surface area contributed by atoms with Crippen LogP contribution in [0, 0.1) is 5.82 Å². The second-order valence-electron chi connectivity index (χ2n) is 3.57. The fourth-order valence-electron chi connectivity index (χ4n) is 1.45. The maximum Gasteiger partial charge on any atom is 0.425 e. The van der Waals surface area contributed by atoms with E-state index in [0.717, 1.165) is 12.1 Å². The predicted molar refractivity (Wildman–Crippen MR) is 60.9 cm³/mol. The van der Waals surface area contributed by atoms with E-state index in [0.29, 0.717) is 11.2 Å². The van der Waals surface area contributed by atoms with Gasteiger partial charge in [-0.2, -0.15) is 0 Å². The molecule has 0 saturated carbocycles. The first-order valence-corrected chi connectivity index (χ1v) is 5.51. The molecule has 8 heteroatoms. The summed E-state index contributed by atoms with van der Waals surface area (Å²) in [5.41, 5.74) is 0.00267. The number of amides is 2. The SMILES string of the molecule is O=Cc1cc(F)c(OC(=O)N2CCOC2=O)c(Cl)c1. The number of benzene rings is 1. The Morgan fingerprint density at radius 2 is 2.26 bits per heavy atom. The number of hydrogen-bond donors (Lipinski definition) is 0. The second kappa shape index (κ2) is 5.23. The van der Waals surface area contributed by atoms with Crippen molar-refractivity contribution in [1.29, 1.82) is 0 Å². The average molecular weight is 288 g/mol. The van der Waals surface area contributed by atoms with Gasteiger partial charge in [0, 0.05) is 5.56 Å². The Balaban J connectivity index is 2.21. The highest BCUT2D eigenvalue weighted by Crippen LogP contribution is 2.29. The number of carbonyl (C=O) groups excluding carboxylic acids is 3. The molecule has 1 saturated heterocycles. The first kappa shape index (κ1) is 13.3. The minimum Gasteiger partial charge on any atom is -0.447 e. The fraction of sp³-hybridized carbons (Fsp3) is 0.182. The van der Waals surface area contributed by atoms with Crippen LogP contribution in [0.1, 0.15) is 10.4 Å². The minimum absolute atomic E-state index is 0.00267. The second-order valence-corrected chi connectivity index (χ2v) is 3.97. The Morgan fingerprint density at radius 3 is 2.79 bits per heavy atom. The van der Waals surface area contributed by atoms with Gasteiger partial charge in [0.25, 0.3) is 0 Å². The lowest BCUT2D eigenvalue weighted by atomic mass is 10.2. The molecule has 0 atom stereocenters. The summed E-state index contributed by atoms with van der Waals surface area (Å²) in [5, 5.41) is -0.247. The molecular weight excluding hydrogens is 281 g/mol. The molecule has 1 aliphatic rings. The zero-order valence-corrected chi connectivity index (χ0v) is 10.1. The zero-order chi connectivity index (χ0) is 14.0. The monoisotopic (exact) mass is 287 g/mol. The van der Waals surface area contributed by atoms with Crippen LogP contribution in [0.3, 0.4) is 0 Å². The van der Waals surface area contributed by atoms with Crippen molar-refractivity contribution in [3.05, 3.63) is 28.5 Å². The summed E-state index contributed by atoms with van der Waals surface area (Å²) in [4.78, 5) is 33.9. The summed E-state index contributed by atoms with van der Waals surface area (Å²) < 4.78 is 22.8. The third kappa shape index (κ3) is 2.65. The van der Waals surface area contributed by atoms with Crippen LogP contribution in [-0.4, -0.2) is 36.5 Å². The van der Waals surface area contributed by atoms with E-state index in [-0.39, 0.29) is 23.7 Å². The van der Waals surface area contributed by atoms with Crippen LogP contribution in [0.5, 0.6) is 5.75 Å². The van der Waals surface area contributed by atoms with Crippen molar-refractivity contribution in [1.82, 2.24) is 4.90 Å². The Labute approximate surface area is 111 Å². The highest BCUT2D eigenvalue weighted by Gasteiger charge is 2.31. The number of hydrogen-bond acceptors (Lipinski definition) is 5. The van der Waals surface area contributed by atoms with Gasteiger partial charge >= 0.3 is 12.2 Å². The molecule has 1 aliphatic heterocycles. The molecule has 0 unspecified atom stereocenters. The Morgan fingerprint density at radius 1 is 1.53 bits per heavy atom. The third-order valence-electron chi connectivity index (χ3n) is 2.33. The van der Waals surface area contributed by atoms with Crippen molar-refractivity contribution in [3.63, 3.8) is 0 Å². The molecular formula is C11H7ClFNO5. The molecule has 0 bridgehead atoms. The molecule has 1 fully saturated rings. The van der Waals surface area contributed by atoms with Crippen molar-refractivity contribution in [2.24, 2.45) is 0 Å². The normalized spacial score (nSPS) is 14.2. The van der Waals surface area contributed by atoms with E-state index in [9.17, 15) is 18.8 Å². The van der Waals surface area contributed by atoms with Crippen molar-refractivity contribution < 1.29 is 28.2 Å². The topological polar surface area (TPSA) is 72.9 Å². The molecule has 0 spiro atoms. The summed E-state index contributed by atoms with van der Waals surface area (Å²) in [6.45, 7) is 0.0670. The van der Waals surface area contributed by atoms with Gasteiger partial charge in [0.2, 0.25) is 0 Å². The van der Waals surface area contributed by atoms with Crippen molar-refractivity contribution in [2.45, 2.75) is 0 Å². The van der Waals surface area contributed by atoms with Crippen LogP contribution >= 0.6 is 11.6 Å². The lowest BCUT2D eigenvalue weighted by molar-refractivity contribution is 0.112. The van der Waals surface area contributed by atoms with Crippen LogP contribution in [-0.2, 0) is 4.74 Å². The number of imide groups is 1. The summed E-state index contributed by atoms with van der Waals surface area (Å²) >= 11 is 5.69. The van der Waals surface area contributed by atoms with Gasteiger partial charge in [0.15, 0.2) is 11.6 Å². The van der Waals surface area contributed by atoms with Crippen molar-refractivity contribution in [3.8, 4) is 5.75 Å². The van der Waals surface area contributed by atoms with Crippen LogP contribution in [0.25, 0.3) is 0 Å². The number of cyclic esters (lactones) is 1. The smallest absolute Gasteiger partial charge is 0.425 e. The van der Waals surface area contributed by atoms with E-state index in [1.165, 1.54) is 0 Å². The molecule has 0 aliphatic carbocycles. The quantitative estimate of drug-likeness (QED) is 0.780. The van der Waals surface area contributed by atoms with E-state index >= 15 is 0 Å². The van der Waals surface area contributed by atoms with Gasteiger partial charge in [0.1, 0.15) is 12.9 Å². The van der Waals surface area contributed by atoms with Gasteiger partial charge in [0.05, 0.1) is 11.6 Å². The summed E-state index contributed by atoms with van der Waals surface area (Å²) in [6.07, 6.45) is -1.56. The Kier molecular flexibility index (Phi) is 3.66. The number of ether oxygens (including phenoxy) is 2. The van der Waals surface area contributed by atoms with Crippen LogP contribution in [0.15, 0.2) is 12.1 Å². The number of nitrogens with zero attached hydrogens (tertiary/aromatic N) is 1. The first-order valence-electron chi connectivity index (χ1n) is 5.13. The standard InChI is InChI=1S/C11H7ClFNO5/c12-7-3-6(5-15)4-8(13)9(7)19-11(17)14-1-2-18-10(14)16/h3-5H,1-2H2. The Hall–Kier alpha value is -2.15. The molecule has 0 aromatic heterocycles. The molecule has 2 rings (SSSR count). The van der Waals surface area contributed by atoms with Crippen LogP contribution in [0.4, 0.5) is 14.0 Å². The van der Waals surface area contributed by atoms with E-state index in [2.05, 4.69) is 4.74 Å². The average Bonchev–Trinajstić information content (AvgIpc) is 2.79. The molecule has 1 heterocycles. The minimum atomic E-state index is -1.10. The van der Waals surface area contributed by atoms with Crippen molar-refractivity contribution >= 4 is 30.1 Å². The molecule has 0 N–H and O–H groups in total. The lowest BCUT2D eigenvalue weighted by Gasteiger charge is -2.12. The first-order chi connectivity index (χ1) is 9.02. The maximum atomic E-state index is 13.6. The fourth-order valence-corrected chi connectivity index (χ4v) is 1.70. The van der Waals surface area contributed by atoms with Gasteiger partial charge in [-0.3, -0.25) is 4.79 Å². The number of halogens is 2. The largest absolute Gasteiger partial charge is 0.447 e. The molecule has 6 nitrogen and oxygen atoms in total. The maximum absolute atomic E-state index is 13.6. The number of rotatable bonds is 2. The van der Waals surface area contributed by atoms with E-state index < -0.39 is 23.8 Å². The van der Waals surface area contributed by atoms with E-state index in [4.69, 9.17) is 16.3 Å². The highest BCUT2D eigenvalue weighted by molar-refractivity contribution is 6.32.